The summed E-state index contributed by atoms with van der Waals surface area (Å²) in [5, 5.41) is 0. The lowest BCUT2D eigenvalue weighted by molar-refractivity contribution is -0.0385. The molecule has 0 aliphatic carbocycles. The van der Waals surface area contributed by atoms with Gasteiger partial charge in [0.2, 0.25) is 0 Å². The Labute approximate surface area is 153 Å². The molecule has 0 amide bonds. The molecule has 0 heterocycles. The van der Waals surface area contributed by atoms with Crippen molar-refractivity contribution in [2.45, 2.75) is 82.1 Å². The number of hydrogen-bond donors (Lipinski definition) is 0. The van der Waals surface area contributed by atoms with Crippen LogP contribution in [0, 0.1) is 34.5 Å². The zero-order chi connectivity index (χ0) is 19.0. The Kier molecular flexibility index (Phi) is 10.8. The van der Waals surface area contributed by atoms with Crippen molar-refractivity contribution in [2.24, 2.45) is 34.5 Å². The molecule has 2 heteroatoms. The predicted octanol–water partition coefficient (Wildman–Crippen LogP) is 6.44. The molecule has 0 saturated heterocycles. The zero-order valence-electron chi connectivity index (χ0n) is 18.4. The molecule has 0 spiro atoms. The van der Waals surface area contributed by atoms with Gasteiger partial charge in [0.1, 0.15) is 0 Å². The first-order valence-electron chi connectivity index (χ1n) is 10.1. The Morgan fingerprint density at radius 3 is 1.08 bits per heavy atom. The van der Waals surface area contributed by atoms with Gasteiger partial charge in [0.15, 0.2) is 0 Å². The highest BCUT2D eigenvalue weighted by atomic mass is 16.5. The van der Waals surface area contributed by atoms with Crippen LogP contribution in [0.2, 0.25) is 0 Å². The van der Waals surface area contributed by atoms with Crippen LogP contribution in [0.3, 0.4) is 0 Å². The highest BCUT2D eigenvalue weighted by Crippen LogP contribution is 2.35. The Morgan fingerprint density at radius 1 is 0.583 bits per heavy atom. The average molecular weight is 343 g/mol. The van der Waals surface area contributed by atoms with Crippen molar-refractivity contribution in [2.75, 3.05) is 26.4 Å². The SMILES string of the molecule is CC(C)CC(C)(COCCOCC(C)(CC(C)C)C(C)C)C(C)C. The monoisotopic (exact) mass is 342 g/mol. The lowest BCUT2D eigenvalue weighted by Crippen LogP contribution is -2.33. The molecule has 2 unspecified atom stereocenters. The lowest BCUT2D eigenvalue weighted by atomic mass is 9.74. The van der Waals surface area contributed by atoms with Gasteiger partial charge in [-0.3, -0.25) is 0 Å². The van der Waals surface area contributed by atoms with Crippen molar-refractivity contribution in [3.05, 3.63) is 0 Å². The summed E-state index contributed by atoms with van der Waals surface area (Å²) in [6.07, 6.45) is 2.43. The van der Waals surface area contributed by atoms with E-state index in [4.69, 9.17) is 9.47 Å². The zero-order valence-corrected chi connectivity index (χ0v) is 18.4. The van der Waals surface area contributed by atoms with Gasteiger partial charge in [-0.15, -0.1) is 0 Å². The third-order valence-corrected chi connectivity index (χ3v) is 5.77. The third-order valence-electron chi connectivity index (χ3n) is 5.77. The molecule has 0 aliphatic heterocycles. The summed E-state index contributed by atoms with van der Waals surface area (Å²) >= 11 is 0. The molecule has 2 nitrogen and oxygen atoms in total. The van der Waals surface area contributed by atoms with Crippen LogP contribution in [0.25, 0.3) is 0 Å². The fourth-order valence-electron chi connectivity index (χ4n) is 3.52. The Balaban J connectivity index is 4.20. The van der Waals surface area contributed by atoms with E-state index in [0.717, 1.165) is 13.2 Å². The molecule has 0 fully saturated rings. The van der Waals surface area contributed by atoms with Gasteiger partial charge in [0.25, 0.3) is 0 Å². The van der Waals surface area contributed by atoms with Crippen LogP contribution >= 0.6 is 0 Å². The van der Waals surface area contributed by atoms with Gasteiger partial charge < -0.3 is 9.47 Å². The van der Waals surface area contributed by atoms with Gasteiger partial charge in [0, 0.05) is 0 Å². The summed E-state index contributed by atoms with van der Waals surface area (Å²) in [6.45, 7) is 26.2. The Morgan fingerprint density at radius 2 is 0.875 bits per heavy atom. The van der Waals surface area contributed by atoms with Crippen LogP contribution in [-0.2, 0) is 9.47 Å². The molecule has 0 rings (SSSR count). The predicted molar refractivity (Wildman–Crippen MR) is 106 cm³/mol. The highest BCUT2D eigenvalue weighted by molar-refractivity contribution is 4.80. The smallest absolute Gasteiger partial charge is 0.0700 e. The molecular formula is C22H46O2. The van der Waals surface area contributed by atoms with Crippen LogP contribution in [0.15, 0.2) is 0 Å². The summed E-state index contributed by atoms with van der Waals surface area (Å²) in [5.41, 5.74) is 0.524. The minimum atomic E-state index is 0.262. The Hall–Kier alpha value is -0.0800. The molecule has 146 valence electrons. The fourth-order valence-corrected chi connectivity index (χ4v) is 3.52. The topological polar surface area (TPSA) is 18.5 Å². The number of ether oxygens (including phenoxy) is 2. The summed E-state index contributed by atoms with van der Waals surface area (Å²) in [4.78, 5) is 0. The first-order valence-corrected chi connectivity index (χ1v) is 10.1. The van der Waals surface area contributed by atoms with E-state index in [9.17, 15) is 0 Å². The molecule has 0 N–H and O–H groups in total. The normalized spacial score (nSPS) is 17.8. The van der Waals surface area contributed by atoms with E-state index in [1.54, 1.807) is 0 Å². The van der Waals surface area contributed by atoms with Gasteiger partial charge >= 0.3 is 0 Å². The minimum Gasteiger partial charge on any atom is -0.378 e. The summed E-state index contributed by atoms with van der Waals surface area (Å²) in [6, 6.07) is 0. The van der Waals surface area contributed by atoms with Crippen molar-refractivity contribution >= 4 is 0 Å². The molecule has 24 heavy (non-hydrogen) atoms. The van der Waals surface area contributed by atoms with Crippen molar-refractivity contribution < 1.29 is 9.47 Å². The Bertz CT molecular complexity index is 290. The minimum absolute atomic E-state index is 0.262. The lowest BCUT2D eigenvalue weighted by Gasteiger charge is -2.36. The number of hydrogen-bond acceptors (Lipinski definition) is 2. The largest absolute Gasteiger partial charge is 0.378 e. The quantitative estimate of drug-likeness (QED) is 0.359. The number of rotatable bonds is 13. The van der Waals surface area contributed by atoms with E-state index in [-0.39, 0.29) is 10.8 Å². The fraction of sp³-hybridized carbons (Fsp3) is 1.00. The van der Waals surface area contributed by atoms with Crippen LogP contribution in [-0.4, -0.2) is 26.4 Å². The van der Waals surface area contributed by atoms with Crippen LogP contribution in [0.1, 0.15) is 82.1 Å². The van der Waals surface area contributed by atoms with E-state index in [1.165, 1.54) is 12.8 Å². The van der Waals surface area contributed by atoms with Crippen molar-refractivity contribution in [3.8, 4) is 0 Å². The van der Waals surface area contributed by atoms with Crippen LogP contribution < -0.4 is 0 Å². The van der Waals surface area contributed by atoms with Crippen molar-refractivity contribution in [1.82, 2.24) is 0 Å². The van der Waals surface area contributed by atoms with Crippen molar-refractivity contribution in [3.63, 3.8) is 0 Å². The summed E-state index contributed by atoms with van der Waals surface area (Å²) in [5.74, 6) is 2.69. The second-order valence-corrected chi connectivity index (χ2v) is 9.92. The van der Waals surface area contributed by atoms with Gasteiger partial charge in [-0.1, -0.05) is 69.2 Å². The molecule has 0 radical (unpaired) electrons. The van der Waals surface area contributed by atoms with Gasteiger partial charge in [-0.2, -0.15) is 0 Å². The summed E-state index contributed by atoms with van der Waals surface area (Å²) in [7, 11) is 0. The molecule has 0 bridgehead atoms. The maximum absolute atomic E-state index is 5.99. The highest BCUT2D eigenvalue weighted by Gasteiger charge is 2.30. The van der Waals surface area contributed by atoms with Crippen LogP contribution in [0.5, 0.6) is 0 Å². The van der Waals surface area contributed by atoms with Gasteiger partial charge in [-0.05, 0) is 47.3 Å². The maximum atomic E-state index is 5.99. The second-order valence-electron chi connectivity index (χ2n) is 9.92. The standard InChI is InChI=1S/C22H46O2/c1-17(2)13-21(9,19(5)6)15-23-11-12-24-16-22(10,20(7)8)14-18(3)4/h17-20H,11-16H2,1-10H3. The third kappa shape index (κ3) is 8.85. The van der Waals surface area contributed by atoms with Crippen molar-refractivity contribution in [1.29, 1.82) is 0 Å². The van der Waals surface area contributed by atoms with E-state index < -0.39 is 0 Å². The molecule has 0 saturated carbocycles. The van der Waals surface area contributed by atoms with Gasteiger partial charge in [-0.25, -0.2) is 0 Å². The molecule has 0 aromatic rings. The van der Waals surface area contributed by atoms with E-state index in [2.05, 4.69) is 69.2 Å². The summed E-state index contributed by atoms with van der Waals surface area (Å²) < 4.78 is 12.0. The average Bonchev–Trinajstić information content (AvgIpc) is 2.40. The van der Waals surface area contributed by atoms with Gasteiger partial charge in [0.05, 0.1) is 26.4 Å². The molecule has 2 atom stereocenters. The molecule has 0 aromatic carbocycles. The van der Waals surface area contributed by atoms with Crippen LogP contribution in [0.4, 0.5) is 0 Å². The second kappa shape index (κ2) is 10.8. The first kappa shape index (κ1) is 23.9. The van der Waals surface area contributed by atoms with E-state index in [0.29, 0.717) is 36.9 Å². The van der Waals surface area contributed by atoms with E-state index in [1.807, 2.05) is 0 Å². The molecule has 0 aliphatic rings. The molecule has 0 aromatic heterocycles. The molecular weight excluding hydrogens is 296 g/mol. The first-order chi connectivity index (χ1) is 10.9. The van der Waals surface area contributed by atoms with E-state index >= 15 is 0 Å². The maximum Gasteiger partial charge on any atom is 0.0700 e.